The number of hydrogen-bond donors (Lipinski definition) is 1. The van der Waals surface area contributed by atoms with Gasteiger partial charge in [-0.1, -0.05) is 13.8 Å². The van der Waals surface area contributed by atoms with Crippen molar-refractivity contribution >= 4 is 11.8 Å². The number of carboxylic acids is 1. The van der Waals surface area contributed by atoms with Gasteiger partial charge in [0, 0.05) is 13.1 Å². The maximum atomic E-state index is 11.7. The molecule has 0 unspecified atom stereocenters. The molecule has 1 aliphatic rings. The summed E-state index contributed by atoms with van der Waals surface area (Å²) in [4.78, 5) is 13.8. The minimum absolute atomic E-state index is 0.349. The molecule has 0 saturated heterocycles. The van der Waals surface area contributed by atoms with Gasteiger partial charge in [-0.3, -0.25) is 0 Å². The van der Waals surface area contributed by atoms with Crippen molar-refractivity contribution in [3.8, 4) is 0 Å². The summed E-state index contributed by atoms with van der Waals surface area (Å²) >= 11 is 0. The Labute approximate surface area is 120 Å². The van der Waals surface area contributed by atoms with Crippen molar-refractivity contribution in [2.75, 3.05) is 18.0 Å². The van der Waals surface area contributed by atoms with Crippen molar-refractivity contribution in [2.45, 2.75) is 46.5 Å². The van der Waals surface area contributed by atoms with Gasteiger partial charge in [0.05, 0.1) is 5.69 Å². The van der Waals surface area contributed by atoms with Crippen molar-refractivity contribution < 1.29 is 9.90 Å². The first kappa shape index (κ1) is 14.8. The van der Waals surface area contributed by atoms with E-state index in [1.54, 1.807) is 0 Å². The second kappa shape index (κ2) is 6.20. The molecule has 0 aromatic carbocycles. The molecule has 1 N–H and O–H groups in total. The quantitative estimate of drug-likeness (QED) is 0.829. The highest BCUT2D eigenvalue weighted by atomic mass is 16.4. The molecule has 1 aliphatic carbocycles. The standard InChI is InChI=1S/C15H23N3O2/c1-4-11-12(5-2)16-17-14(13(11)15(19)20)18(6-3)9-10-7-8-10/h10H,4-9H2,1-3H3,(H,19,20). The molecular formula is C15H23N3O2. The average Bonchev–Trinajstić information content (AvgIpc) is 3.26. The Hall–Kier alpha value is -1.65. The molecule has 0 radical (unpaired) electrons. The highest BCUT2D eigenvalue weighted by molar-refractivity contribution is 5.95. The van der Waals surface area contributed by atoms with E-state index in [9.17, 15) is 9.90 Å². The van der Waals surface area contributed by atoms with Crippen LogP contribution < -0.4 is 4.90 Å². The maximum Gasteiger partial charge on any atom is 0.339 e. The first-order valence-corrected chi connectivity index (χ1v) is 7.48. The van der Waals surface area contributed by atoms with Crippen LogP contribution in [0.1, 0.15) is 55.2 Å². The van der Waals surface area contributed by atoms with Gasteiger partial charge in [0.25, 0.3) is 0 Å². The van der Waals surface area contributed by atoms with E-state index in [2.05, 4.69) is 15.1 Å². The fourth-order valence-electron chi connectivity index (χ4n) is 2.59. The molecule has 1 aromatic heterocycles. The molecule has 0 atom stereocenters. The molecule has 2 rings (SSSR count). The Kier molecular flexibility index (Phi) is 4.57. The van der Waals surface area contributed by atoms with Gasteiger partial charge in [0.15, 0.2) is 5.82 Å². The molecule has 0 spiro atoms. The molecule has 0 aliphatic heterocycles. The van der Waals surface area contributed by atoms with Gasteiger partial charge in [-0.15, -0.1) is 5.10 Å². The Bertz CT molecular complexity index is 498. The molecule has 1 aromatic rings. The predicted octanol–water partition coefficient (Wildman–Crippen LogP) is 2.54. The number of rotatable bonds is 7. The van der Waals surface area contributed by atoms with Crippen LogP contribution in [0, 0.1) is 5.92 Å². The molecular weight excluding hydrogens is 254 g/mol. The summed E-state index contributed by atoms with van der Waals surface area (Å²) < 4.78 is 0. The number of aromatic carboxylic acids is 1. The summed E-state index contributed by atoms with van der Waals surface area (Å²) in [7, 11) is 0. The van der Waals surface area contributed by atoms with Gasteiger partial charge in [-0.05, 0) is 44.1 Å². The number of carbonyl (C=O) groups is 1. The third-order valence-electron chi connectivity index (χ3n) is 3.90. The maximum absolute atomic E-state index is 11.7. The van der Waals surface area contributed by atoms with Gasteiger partial charge < -0.3 is 10.0 Å². The molecule has 20 heavy (non-hydrogen) atoms. The van der Waals surface area contributed by atoms with E-state index in [0.717, 1.165) is 24.3 Å². The lowest BCUT2D eigenvalue weighted by atomic mass is 10.0. The summed E-state index contributed by atoms with van der Waals surface area (Å²) in [6, 6.07) is 0. The number of aromatic nitrogens is 2. The Balaban J connectivity index is 2.47. The molecule has 1 heterocycles. The van der Waals surface area contributed by atoms with Gasteiger partial charge in [0.2, 0.25) is 0 Å². The number of carboxylic acid groups (broad SMARTS) is 1. The minimum Gasteiger partial charge on any atom is -0.478 e. The van der Waals surface area contributed by atoms with Gasteiger partial charge >= 0.3 is 5.97 Å². The summed E-state index contributed by atoms with van der Waals surface area (Å²) in [6.45, 7) is 7.65. The molecule has 1 fully saturated rings. The summed E-state index contributed by atoms with van der Waals surface area (Å²) in [6.07, 6.45) is 3.86. The first-order chi connectivity index (χ1) is 9.62. The van der Waals surface area contributed by atoms with Gasteiger partial charge in [-0.25, -0.2) is 4.79 Å². The predicted molar refractivity (Wildman–Crippen MR) is 78.4 cm³/mol. The van der Waals surface area contributed by atoms with Gasteiger partial charge in [-0.2, -0.15) is 5.10 Å². The largest absolute Gasteiger partial charge is 0.478 e. The minimum atomic E-state index is -0.893. The van der Waals surface area contributed by atoms with E-state index >= 15 is 0 Å². The average molecular weight is 277 g/mol. The van der Waals surface area contributed by atoms with E-state index in [0.29, 0.717) is 30.1 Å². The van der Waals surface area contributed by atoms with Crippen molar-refractivity contribution in [1.29, 1.82) is 0 Å². The van der Waals surface area contributed by atoms with E-state index in [4.69, 9.17) is 0 Å². The van der Waals surface area contributed by atoms with Crippen LogP contribution in [0.3, 0.4) is 0 Å². The van der Waals surface area contributed by atoms with E-state index in [1.165, 1.54) is 12.8 Å². The van der Waals surface area contributed by atoms with E-state index in [1.807, 2.05) is 20.8 Å². The molecule has 1 saturated carbocycles. The Morgan fingerprint density at radius 2 is 1.95 bits per heavy atom. The molecule has 110 valence electrons. The van der Waals surface area contributed by atoms with Crippen LogP contribution in [0.2, 0.25) is 0 Å². The van der Waals surface area contributed by atoms with Crippen molar-refractivity contribution in [3.05, 3.63) is 16.8 Å². The summed E-state index contributed by atoms with van der Waals surface area (Å²) in [5.74, 6) is 0.339. The lowest BCUT2D eigenvalue weighted by Crippen LogP contribution is -2.29. The smallest absolute Gasteiger partial charge is 0.339 e. The number of hydrogen-bond acceptors (Lipinski definition) is 4. The number of anilines is 1. The fourth-order valence-corrected chi connectivity index (χ4v) is 2.59. The lowest BCUT2D eigenvalue weighted by molar-refractivity contribution is 0.0695. The molecule has 5 nitrogen and oxygen atoms in total. The van der Waals surface area contributed by atoms with Crippen LogP contribution in [0.15, 0.2) is 0 Å². The first-order valence-electron chi connectivity index (χ1n) is 7.48. The highest BCUT2D eigenvalue weighted by Gasteiger charge is 2.28. The number of aryl methyl sites for hydroxylation is 1. The Morgan fingerprint density at radius 3 is 2.40 bits per heavy atom. The lowest BCUT2D eigenvalue weighted by Gasteiger charge is -2.24. The zero-order chi connectivity index (χ0) is 14.7. The SMILES string of the molecule is CCc1nnc(N(CC)CC2CC2)c(C(=O)O)c1CC. The summed E-state index contributed by atoms with van der Waals surface area (Å²) in [5, 5.41) is 18.1. The van der Waals surface area contributed by atoms with Crippen molar-refractivity contribution in [3.63, 3.8) is 0 Å². The van der Waals surface area contributed by atoms with Crippen LogP contribution in [0.25, 0.3) is 0 Å². The summed E-state index contributed by atoms with van der Waals surface area (Å²) in [5.41, 5.74) is 1.98. The zero-order valence-corrected chi connectivity index (χ0v) is 12.5. The number of nitrogens with zero attached hydrogens (tertiary/aromatic N) is 3. The van der Waals surface area contributed by atoms with Crippen LogP contribution >= 0.6 is 0 Å². The highest BCUT2D eigenvalue weighted by Crippen LogP contribution is 2.32. The fraction of sp³-hybridized carbons (Fsp3) is 0.667. The van der Waals surface area contributed by atoms with Crippen molar-refractivity contribution in [2.24, 2.45) is 5.92 Å². The molecule has 5 heteroatoms. The van der Waals surface area contributed by atoms with Crippen LogP contribution in [0.5, 0.6) is 0 Å². The molecule has 0 amide bonds. The Morgan fingerprint density at radius 1 is 1.25 bits per heavy atom. The van der Waals surface area contributed by atoms with Crippen molar-refractivity contribution in [1.82, 2.24) is 10.2 Å². The second-order valence-corrected chi connectivity index (χ2v) is 5.32. The van der Waals surface area contributed by atoms with E-state index in [-0.39, 0.29) is 0 Å². The third-order valence-corrected chi connectivity index (χ3v) is 3.90. The second-order valence-electron chi connectivity index (χ2n) is 5.32. The van der Waals surface area contributed by atoms with Crippen LogP contribution in [0.4, 0.5) is 5.82 Å². The zero-order valence-electron chi connectivity index (χ0n) is 12.5. The van der Waals surface area contributed by atoms with E-state index < -0.39 is 5.97 Å². The molecule has 0 bridgehead atoms. The van der Waals surface area contributed by atoms with Crippen LogP contribution in [-0.4, -0.2) is 34.4 Å². The van der Waals surface area contributed by atoms with Gasteiger partial charge in [0.1, 0.15) is 5.56 Å². The third kappa shape index (κ3) is 2.92. The van der Waals surface area contributed by atoms with Crippen LogP contribution in [-0.2, 0) is 12.8 Å². The monoisotopic (exact) mass is 277 g/mol. The normalized spacial score (nSPS) is 14.3. The topological polar surface area (TPSA) is 66.3 Å².